The molecule has 2 aliphatic rings. The summed E-state index contributed by atoms with van der Waals surface area (Å²) in [6, 6.07) is 12.3. The number of rotatable bonds is 6. The zero-order valence-electron chi connectivity index (χ0n) is 15.7. The normalized spacial score (nSPS) is 24.5. The summed E-state index contributed by atoms with van der Waals surface area (Å²) in [7, 11) is 0. The average molecular weight is 367 g/mol. The Hall–Kier alpha value is -2.34. The number of nitrogens with one attached hydrogen (secondary N) is 2. The van der Waals surface area contributed by atoms with Gasteiger partial charge in [0, 0.05) is 18.7 Å². The molecule has 1 aliphatic heterocycles. The first-order chi connectivity index (χ1) is 13.2. The molecule has 144 valence electrons. The van der Waals surface area contributed by atoms with Gasteiger partial charge in [-0.3, -0.25) is 4.79 Å². The van der Waals surface area contributed by atoms with Crippen LogP contribution >= 0.6 is 0 Å². The third-order valence-corrected chi connectivity index (χ3v) is 5.88. The first-order valence-corrected chi connectivity index (χ1v) is 10.1. The molecule has 1 aromatic heterocycles. The standard InChI is InChI=1S/C21H29N5O/c22-20-14-16(25-26(20)17-9-2-1-3-10-17)8-6-12-23-21(27)19-13-15-7-4-5-11-18(15)24-19/h1-3,9-10,14-15,18-19,24H,4-8,11-13,22H2,(H,23,27). The molecule has 2 heterocycles. The molecular formula is C21H29N5O. The Morgan fingerprint density at radius 3 is 2.89 bits per heavy atom. The monoisotopic (exact) mass is 367 g/mol. The first kappa shape index (κ1) is 18.0. The molecule has 1 aliphatic carbocycles. The van der Waals surface area contributed by atoms with E-state index < -0.39 is 0 Å². The lowest BCUT2D eigenvalue weighted by Crippen LogP contribution is -2.43. The molecule has 2 aromatic rings. The zero-order valence-corrected chi connectivity index (χ0v) is 15.7. The van der Waals surface area contributed by atoms with E-state index in [0.29, 0.717) is 24.3 Å². The van der Waals surface area contributed by atoms with Gasteiger partial charge in [-0.2, -0.15) is 5.10 Å². The second-order valence-corrected chi connectivity index (χ2v) is 7.81. The van der Waals surface area contributed by atoms with Gasteiger partial charge in [0.2, 0.25) is 5.91 Å². The van der Waals surface area contributed by atoms with Gasteiger partial charge in [-0.25, -0.2) is 4.68 Å². The van der Waals surface area contributed by atoms with Crippen molar-refractivity contribution in [2.75, 3.05) is 12.3 Å². The van der Waals surface area contributed by atoms with Crippen molar-refractivity contribution in [2.45, 2.75) is 57.0 Å². The van der Waals surface area contributed by atoms with Crippen molar-refractivity contribution in [3.63, 3.8) is 0 Å². The summed E-state index contributed by atoms with van der Waals surface area (Å²) in [5.74, 6) is 1.48. The molecule has 2 fully saturated rings. The fraction of sp³-hybridized carbons (Fsp3) is 0.524. The lowest BCUT2D eigenvalue weighted by atomic mass is 9.85. The lowest BCUT2D eigenvalue weighted by Gasteiger charge is -2.24. The number of benzene rings is 1. The maximum Gasteiger partial charge on any atom is 0.237 e. The Kier molecular flexibility index (Phi) is 5.43. The molecule has 3 unspecified atom stereocenters. The van der Waals surface area contributed by atoms with Crippen LogP contribution in [0.4, 0.5) is 5.82 Å². The minimum absolute atomic E-state index is 0.00830. The quantitative estimate of drug-likeness (QED) is 0.685. The molecule has 1 saturated heterocycles. The molecule has 0 radical (unpaired) electrons. The molecule has 1 amide bonds. The summed E-state index contributed by atoms with van der Waals surface area (Å²) in [5.41, 5.74) is 8.00. The second kappa shape index (κ2) is 8.13. The SMILES string of the molecule is Nc1cc(CCCNC(=O)C2CC3CCCCC3N2)nn1-c1ccccc1. The van der Waals surface area contributed by atoms with Gasteiger partial charge in [0.05, 0.1) is 17.4 Å². The van der Waals surface area contributed by atoms with Gasteiger partial charge in [-0.15, -0.1) is 0 Å². The number of aryl methyl sites for hydroxylation is 1. The molecule has 27 heavy (non-hydrogen) atoms. The van der Waals surface area contributed by atoms with Gasteiger partial charge in [0.1, 0.15) is 5.82 Å². The van der Waals surface area contributed by atoms with E-state index in [9.17, 15) is 4.79 Å². The third kappa shape index (κ3) is 4.16. The number of carbonyl (C=O) groups is 1. The molecular weight excluding hydrogens is 338 g/mol. The van der Waals surface area contributed by atoms with Crippen LogP contribution in [0.15, 0.2) is 36.4 Å². The van der Waals surface area contributed by atoms with Crippen molar-refractivity contribution in [1.29, 1.82) is 0 Å². The van der Waals surface area contributed by atoms with Gasteiger partial charge in [0.25, 0.3) is 0 Å². The van der Waals surface area contributed by atoms with Crippen molar-refractivity contribution in [3.8, 4) is 5.69 Å². The zero-order chi connectivity index (χ0) is 18.6. The van der Waals surface area contributed by atoms with Crippen LogP contribution in [0.1, 0.15) is 44.2 Å². The lowest BCUT2D eigenvalue weighted by molar-refractivity contribution is -0.122. The molecule has 4 N–H and O–H groups in total. The van der Waals surface area contributed by atoms with Crippen molar-refractivity contribution in [3.05, 3.63) is 42.1 Å². The van der Waals surface area contributed by atoms with E-state index in [-0.39, 0.29) is 11.9 Å². The minimum atomic E-state index is -0.00830. The number of aromatic nitrogens is 2. The van der Waals surface area contributed by atoms with Gasteiger partial charge in [-0.05, 0) is 50.2 Å². The fourth-order valence-electron chi connectivity index (χ4n) is 4.47. The fourth-order valence-corrected chi connectivity index (χ4v) is 4.47. The summed E-state index contributed by atoms with van der Waals surface area (Å²) in [6.07, 6.45) is 7.75. The van der Waals surface area contributed by atoms with Crippen LogP contribution in [-0.4, -0.2) is 34.3 Å². The smallest absolute Gasteiger partial charge is 0.237 e. The average Bonchev–Trinajstić information content (AvgIpc) is 3.29. The highest BCUT2D eigenvalue weighted by Crippen LogP contribution is 2.33. The van der Waals surface area contributed by atoms with E-state index in [2.05, 4.69) is 15.7 Å². The van der Waals surface area contributed by atoms with Crippen molar-refractivity contribution in [1.82, 2.24) is 20.4 Å². The molecule has 4 rings (SSSR count). The van der Waals surface area contributed by atoms with Crippen LogP contribution in [0.25, 0.3) is 5.69 Å². The molecule has 1 aromatic carbocycles. The predicted molar refractivity (Wildman–Crippen MR) is 107 cm³/mol. The molecule has 6 nitrogen and oxygen atoms in total. The maximum absolute atomic E-state index is 12.4. The first-order valence-electron chi connectivity index (χ1n) is 10.1. The largest absolute Gasteiger partial charge is 0.384 e. The summed E-state index contributed by atoms with van der Waals surface area (Å²) in [4.78, 5) is 12.4. The summed E-state index contributed by atoms with van der Waals surface area (Å²) < 4.78 is 1.76. The Bertz CT molecular complexity index is 758. The summed E-state index contributed by atoms with van der Waals surface area (Å²) in [5, 5.41) is 11.2. The Morgan fingerprint density at radius 2 is 2.07 bits per heavy atom. The second-order valence-electron chi connectivity index (χ2n) is 7.81. The van der Waals surface area contributed by atoms with Crippen molar-refractivity contribution < 1.29 is 4.79 Å². The van der Waals surface area contributed by atoms with Crippen LogP contribution in [0, 0.1) is 5.92 Å². The van der Waals surface area contributed by atoms with Crippen LogP contribution in [0.5, 0.6) is 0 Å². The number of nitrogen functional groups attached to an aromatic ring is 1. The number of amides is 1. The molecule has 1 saturated carbocycles. The Balaban J connectivity index is 1.23. The molecule has 0 bridgehead atoms. The van der Waals surface area contributed by atoms with E-state index in [1.54, 1.807) is 4.68 Å². The van der Waals surface area contributed by atoms with Crippen LogP contribution in [0.2, 0.25) is 0 Å². The van der Waals surface area contributed by atoms with E-state index >= 15 is 0 Å². The number of hydrogen-bond acceptors (Lipinski definition) is 4. The van der Waals surface area contributed by atoms with Gasteiger partial charge in [-0.1, -0.05) is 31.0 Å². The highest BCUT2D eigenvalue weighted by Gasteiger charge is 2.37. The van der Waals surface area contributed by atoms with E-state index in [0.717, 1.165) is 30.6 Å². The number of hydrogen-bond donors (Lipinski definition) is 3. The number of nitrogens with two attached hydrogens (primary N) is 1. The highest BCUT2D eigenvalue weighted by molar-refractivity contribution is 5.82. The summed E-state index contributed by atoms with van der Waals surface area (Å²) >= 11 is 0. The number of carbonyl (C=O) groups excluding carboxylic acids is 1. The number of nitrogens with zero attached hydrogens (tertiary/aromatic N) is 2. The van der Waals surface area contributed by atoms with Crippen molar-refractivity contribution in [2.24, 2.45) is 5.92 Å². The molecule has 0 spiro atoms. The number of para-hydroxylation sites is 1. The van der Waals surface area contributed by atoms with Crippen LogP contribution in [0.3, 0.4) is 0 Å². The predicted octanol–water partition coefficient (Wildman–Crippen LogP) is 2.42. The highest BCUT2D eigenvalue weighted by atomic mass is 16.2. The third-order valence-electron chi connectivity index (χ3n) is 5.88. The number of anilines is 1. The van der Waals surface area contributed by atoms with Crippen LogP contribution in [-0.2, 0) is 11.2 Å². The molecule has 3 atom stereocenters. The summed E-state index contributed by atoms with van der Waals surface area (Å²) in [6.45, 7) is 0.671. The van der Waals surface area contributed by atoms with Gasteiger partial charge in [0.15, 0.2) is 0 Å². The number of fused-ring (bicyclic) bond motifs is 1. The van der Waals surface area contributed by atoms with Crippen LogP contribution < -0.4 is 16.4 Å². The molecule has 6 heteroatoms. The van der Waals surface area contributed by atoms with E-state index in [4.69, 9.17) is 5.73 Å². The van der Waals surface area contributed by atoms with Crippen molar-refractivity contribution >= 4 is 11.7 Å². The Labute approximate surface area is 160 Å². The minimum Gasteiger partial charge on any atom is -0.384 e. The van der Waals surface area contributed by atoms with Gasteiger partial charge < -0.3 is 16.4 Å². The van der Waals surface area contributed by atoms with Gasteiger partial charge >= 0.3 is 0 Å². The topological polar surface area (TPSA) is 85.0 Å². The Morgan fingerprint density at radius 1 is 1.26 bits per heavy atom. The van der Waals surface area contributed by atoms with E-state index in [1.165, 1.54) is 25.7 Å². The maximum atomic E-state index is 12.4. The van der Waals surface area contributed by atoms with E-state index in [1.807, 2.05) is 36.4 Å².